The van der Waals surface area contributed by atoms with Gasteiger partial charge in [0.15, 0.2) is 0 Å². The number of carbonyl (C=O) groups excluding carboxylic acids is 1. The van der Waals surface area contributed by atoms with Crippen molar-refractivity contribution in [1.29, 1.82) is 0 Å². The predicted molar refractivity (Wildman–Crippen MR) is 91.7 cm³/mol. The van der Waals surface area contributed by atoms with Gasteiger partial charge in [-0.2, -0.15) is 0 Å². The van der Waals surface area contributed by atoms with Crippen LogP contribution in [0.25, 0.3) is 11.0 Å². The fourth-order valence-corrected chi connectivity index (χ4v) is 4.43. The van der Waals surface area contributed by atoms with E-state index in [0.717, 1.165) is 19.3 Å². The fraction of sp³-hybridized carbons (Fsp3) is 0.526. The van der Waals surface area contributed by atoms with Crippen LogP contribution in [0.2, 0.25) is 0 Å². The molecule has 2 aliphatic carbocycles. The summed E-state index contributed by atoms with van der Waals surface area (Å²) in [4.78, 5) is 22.9. The summed E-state index contributed by atoms with van der Waals surface area (Å²) in [6.45, 7) is 2.69. The van der Waals surface area contributed by atoms with Crippen LogP contribution in [0.4, 0.5) is 4.39 Å². The highest BCUT2D eigenvalue weighted by Crippen LogP contribution is 2.59. The number of nitrogens with zero attached hydrogens (tertiary/aromatic N) is 3. The standard InChI is InChI=1S/C19H22FN3O2/c1-3-25-17-11-16(19(17)5-4-6-19)23(2)18(24)12-9-14-15(10-13(12)20)22-8-7-21-14/h7-10,16-17H,3-6,11H2,1-2H3/t16-,17-/m0/s1. The molecule has 25 heavy (non-hydrogen) atoms. The minimum atomic E-state index is -0.548. The first-order chi connectivity index (χ1) is 12.1. The second-order valence-electron chi connectivity index (χ2n) is 7.08. The summed E-state index contributed by atoms with van der Waals surface area (Å²) in [5, 5.41) is 0. The molecule has 2 aliphatic rings. The van der Waals surface area contributed by atoms with Crippen LogP contribution in [0.5, 0.6) is 0 Å². The van der Waals surface area contributed by atoms with E-state index >= 15 is 0 Å². The van der Waals surface area contributed by atoms with Gasteiger partial charge in [0.1, 0.15) is 5.82 Å². The molecule has 2 aromatic rings. The highest BCUT2D eigenvalue weighted by molar-refractivity contribution is 5.97. The van der Waals surface area contributed by atoms with E-state index in [2.05, 4.69) is 9.97 Å². The monoisotopic (exact) mass is 343 g/mol. The van der Waals surface area contributed by atoms with Gasteiger partial charge in [-0.1, -0.05) is 6.42 Å². The summed E-state index contributed by atoms with van der Waals surface area (Å²) in [5.74, 6) is -0.843. The minimum Gasteiger partial charge on any atom is -0.378 e. The van der Waals surface area contributed by atoms with Crippen molar-refractivity contribution < 1.29 is 13.9 Å². The van der Waals surface area contributed by atoms with Crippen molar-refractivity contribution in [3.05, 3.63) is 35.9 Å². The molecule has 6 heteroatoms. The Bertz CT molecular complexity index is 821. The Balaban J connectivity index is 1.60. The van der Waals surface area contributed by atoms with Gasteiger partial charge >= 0.3 is 0 Å². The Kier molecular flexibility index (Phi) is 3.95. The molecule has 0 saturated heterocycles. The number of rotatable bonds is 4. The number of halogens is 1. The van der Waals surface area contributed by atoms with Crippen molar-refractivity contribution in [2.75, 3.05) is 13.7 Å². The zero-order chi connectivity index (χ0) is 17.6. The van der Waals surface area contributed by atoms with Crippen molar-refractivity contribution in [3.63, 3.8) is 0 Å². The van der Waals surface area contributed by atoms with Crippen LogP contribution in [0, 0.1) is 11.2 Å². The molecule has 2 saturated carbocycles. The van der Waals surface area contributed by atoms with Gasteiger partial charge in [0, 0.05) is 43.6 Å². The third-order valence-electron chi connectivity index (χ3n) is 5.97. The molecule has 2 fully saturated rings. The van der Waals surface area contributed by atoms with Crippen LogP contribution < -0.4 is 0 Å². The molecule has 1 heterocycles. The zero-order valence-corrected chi connectivity index (χ0v) is 14.5. The number of benzene rings is 1. The van der Waals surface area contributed by atoms with Crippen LogP contribution in [-0.4, -0.2) is 46.6 Å². The molecule has 5 nitrogen and oxygen atoms in total. The van der Waals surface area contributed by atoms with Crippen LogP contribution in [0.15, 0.2) is 24.5 Å². The minimum absolute atomic E-state index is 0.0600. The lowest BCUT2D eigenvalue weighted by molar-refractivity contribution is -0.192. The average Bonchev–Trinajstić information content (AvgIpc) is 2.55. The van der Waals surface area contributed by atoms with Gasteiger partial charge < -0.3 is 9.64 Å². The molecule has 0 N–H and O–H groups in total. The molecule has 0 bridgehead atoms. The van der Waals surface area contributed by atoms with E-state index in [0.29, 0.717) is 17.6 Å². The van der Waals surface area contributed by atoms with E-state index in [1.807, 2.05) is 6.92 Å². The SMILES string of the molecule is CCO[C@H]1C[C@H](N(C)C(=O)c2cc3nccnc3cc2F)C12CCC2. The Morgan fingerprint density at radius 1 is 1.32 bits per heavy atom. The molecule has 0 unspecified atom stereocenters. The lowest BCUT2D eigenvalue weighted by Gasteiger charge is -2.63. The van der Waals surface area contributed by atoms with Crippen LogP contribution >= 0.6 is 0 Å². The largest absolute Gasteiger partial charge is 0.378 e. The van der Waals surface area contributed by atoms with E-state index in [1.54, 1.807) is 18.1 Å². The van der Waals surface area contributed by atoms with Crippen molar-refractivity contribution in [3.8, 4) is 0 Å². The molecule has 1 spiro atoms. The van der Waals surface area contributed by atoms with Gasteiger partial charge in [-0.05, 0) is 32.3 Å². The van der Waals surface area contributed by atoms with Gasteiger partial charge in [0.05, 0.1) is 22.7 Å². The third kappa shape index (κ3) is 2.42. The first kappa shape index (κ1) is 16.4. The molecule has 4 rings (SSSR count). The smallest absolute Gasteiger partial charge is 0.256 e. The number of aromatic nitrogens is 2. The molecule has 1 aromatic carbocycles. The summed E-state index contributed by atoms with van der Waals surface area (Å²) in [6, 6.07) is 2.90. The van der Waals surface area contributed by atoms with Crippen molar-refractivity contribution in [1.82, 2.24) is 14.9 Å². The van der Waals surface area contributed by atoms with Gasteiger partial charge in [-0.25, -0.2) is 4.39 Å². The summed E-state index contributed by atoms with van der Waals surface area (Å²) in [7, 11) is 1.77. The predicted octanol–water partition coefficient (Wildman–Crippen LogP) is 3.19. The van der Waals surface area contributed by atoms with Gasteiger partial charge in [0.2, 0.25) is 0 Å². The van der Waals surface area contributed by atoms with Gasteiger partial charge in [-0.3, -0.25) is 14.8 Å². The average molecular weight is 343 g/mol. The van der Waals surface area contributed by atoms with E-state index in [-0.39, 0.29) is 29.0 Å². The highest BCUT2D eigenvalue weighted by Gasteiger charge is 2.61. The normalized spacial score (nSPS) is 24.0. The first-order valence-corrected chi connectivity index (χ1v) is 8.86. The number of carbonyl (C=O) groups is 1. The third-order valence-corrected chi connectivity index (χ3v) is 5.97. The summed E-state index contributed by atoms with van der Waals surface area (Å²) in [6.07, 6.45) is 7.42. The molecule has 2 atom stereocenters. The van der Waals surface area contributed by atoms with Crippen LogP contribution in [0.1, 0.15) is 43.0 Å². The Morgan fingerprint density at radius 2 is 2.00 bits per heavy atom. The van der Waals surface area contributed by atoms with Gasteiger partial charge in [-0.15, -0.1) is 0 Å². The van der Waals surface area contributed by atoms with Crippen molar-refractivity contribution in [2.24, 2.45) is 5.41 Å². The molecule has 1 aromatic heterocycles. The number of hydrogen-bond acceptors (Lipinski definition) is 4. The van der Waals surface area contributed by atoms with Gasteiger partial charge in [0.25, 0.3) is 5.91 Å². The topological polar surface area (TPSA) is 55.3 Å². The fourth-order valence-electron chi connectivity index (χ4n) is 4.43. The van der Waals surface area contributed by atoms with E-state index in [1.165, 1.54) is 24.8 Å². The van der Waals surface area contributed by atoms with Crippen LogP contribution in [0.3, 0.4) is 0 Å². The van der Waals surface area contributed by atoms with Crippen LogP contribution in [-0.2, 0) is 4.74 Å². The number of fused-ring (bicyclic) bond motifs is 1. The first-order valence-electron chi connectivity index (χ1n) is 8.86. The second-order valence-corrected chi connectivity index (χ2v) is 7.08. The maximum Gasteiger partial charge on any atom is 0.256 e. The summed E-state index contributed by atoms with van der Waals surface area (Å²) >= 11 is 0. The molecule has 0 radical (unpaired) electrons. The summed E-state index contributed by atoms with van der Waals surface area (Å²) in [5.41, 5.74) is 1.10. The molecular weight excluding hydrogens is 321 g/mol. The zero-order valence-electron chi connectivity index (χ0n) is 14.5. The van der Waals surface area contributed by atoms with Crippen molar-refractivity contribution in [2.45, 2.75) is 44.8 Å². The quantitative estimate of drug-likeness (QED) is 0.855. The second kappa shape index (κ2) is 6.02. The summed E-state index contributed by atoms with van der Waals surface area (Å²) < 4.78 is 20.3. The number of amides is 1. The maximum absolute atomic E-state index is 14.5. The number of hydrogen-bond donors (Lipinski definition) is 0. The Labute approximate surface area is 146 Å². The molecular formula is C19H22FN3O2. The molecule has 1 amide bonds. The molecule has 132 valence electrons. The lowest BCUT2D eigenvalue weighted by Crippen LogP contribution is -2.67. The van der Waals surface area contributed by atoms with Crippen molar-refractivity contribution >= 4 is 16.9 Å². The molecule has 0 aliphatic heterocycles. The number of ether oxygens (including phenoxy) is 1. The maximum atomic E-state index is 14.5. The van der Waals surface area contributed by atoms with E-state index in [9.17, 15) is 9.18 Å². The Hall–Kier alpha value is -2.08. The van der Waals surface area contributed by atoms with E-state index in [4.69, 9.17) is 4.74 Å². The Morgan fingerprint density at radius 3 is 2.60 bits per heavy atom. The lowest BCUT2D eigenvalue weighted by atomic mass is 9.50. The van der Waals surface area contributed by atoms with E-state index < -0.39 is 5.82 Å². The highest BCUT2D eigenvalue weighted by atomic mass is 19.1.